The molecule has 1 unspecified atom stereocenters. The summed E-state index contributed by atoms with van der Waals surface area (Å²) in [5, 5.41) is 11.5. The number of allylic oxidation sites excluding steroid dienone is 2. The maximum atomic E-state index is 16.8. The number of aromatic nitrogens is 3. The first-order chi connectivity index (χ1) is 16.8. The molecule has 1 aliphatic rings. The molecule has 5 rings (SSSR count). The van der Waals surface area contributed by atoms with Crippen molar-refractivity contribution in [2.45, 2.75) is 86.9 Å². The summed E-state index contributed by atoms with van der Waals surface area (Å²) in [6, 6.07) is 8.73. The normalized spacial score (nSPS) is 24.2. The average molecular weight is 485 g/mol. The van der Waals surface area contributed by atoms with Crippen molar-refractivity contribution in [2.75, 3.05) is 0 Å². The first-order valence-corrected chi connectivity index (χ1v) is 12.9. The Labute approximate surface area is 213 Å². The van der Waals surface area contributed by atoms with Crippen LogP contribution < -0.4 is 5.32 Å². The highest BCUT2D eigenvalue weighted by Gasteiger charge is 2.48. The largest absolute Gasteiger partial charge is 0.356 e. The Kier molecular flexibility index (Phi) is 5.37. The lowest BCUT2D eigenvalue weighted by Gasteiger charge is -2.42. The van der Waals surface area contributed by atoms with Crippen LogP contribution in [0.2, 0.25) is 0 Å². The van der Waals surface area contributed by atoms with Crippen molar-refractivity contribution in [3.8, 4) is 5.69 Å². The van der Waals surface area contributed by atoms with Crippen molar-refractivity contribution in [3.05, 3.63) is 69.3 Å². The molecule has 0 radical (unpaired) electrons. The van der Waals surface area contributed by atoms with E-state index in [2.05, 4.69) is 71.1 Å². The molecule has 2 aromatic heterocycles. The number of benzene rings is 2. The summed E-state index contributed by atoms with van der Waals surface area (Å²) in [6.07, 6.45) is 0.620. The number of hydrogen-bond acceptors (Lipinski definition) is 3. The van der Waals surface area contributed by atoms with E-state index in [0.717, 1.165) is 66.8 Å². The maximum absolute atomic E-state index is 16.8. The molecule has 3 heterocycles. The van der Waals surface area contributed by atoms with Gasteiger partial charge in [0, 0.05) is 27.6 Å². The van der Waals surface area contributed by atoms with Gasteiger partial charge >= 0.3 is 0 Å². The molecule has 1 aliphatic heterocycles. The molecule has 188 valence electrons. The third kappa shape index (κ3) is 3.24. The number of halogens is 1. The lowest BCUT2D eigenvalue weighted by molar-refractivity contribution is 0.0512. The van der Waals surface area contributed by atoms with Gasteiger partial charge < -0.3 is 5.32 Å². The Morgan fingerprint density at radius 3 is 2.22 bits per heavy atom. The second-order valence-corrected chi connectivity index (χ2v) is 11.2. The molecule has 4 aromatic rings. The van der Waals surface area contributed by atoms with E-state index in [1.165, 1.54) is 11.1 Å². The predicted octanol–water partition coefficient (Wildman–Crippen LogP) is 7.82. The summed E-state index contributed by atoms with van der Waals surface area (Å²) in [6.45, 7) is 20.3. The molecule has 0 fully saturated rings. The number of nitrogens with zero attached hydrogens (tertiary/aromatic N) is 3. The van der Waals surface area contributed by atoms with E-state index in [1.807, 2.05) is 25.5 Å². The molecule has 2 bridgehead atoms. The lowest BCUT2D eigenvalue weighted by atomic mass is 9.71. The molecule has 4 nitrogen and oxygen atoms in total. The quantitative estimate of drug-likeness (QED) is 0.233. The summed E-state index contributed by atoms with van der Waals surface area (Å²) in [5.74, 6) is -1.68. The van der Waals surface area contributed by atoms with Gasteiger partial charge in [-0.05, 0) is 95.5 Å². The van der Waals surface area contributed by atoms with Gasteiger partial charge in [0.25, 0.3) is 0 Å². The Morgan fingerprint density at radius 1 is 0.917 bits per heavy atom. The van der Waals surface area contributed by atoms with Crippen LogP contribution in [0.3, 0.4) is 0 Å². The number of pyridine rings is 1. The van der Waals surface area contributed by atoms with Gasteiger partial charge in [-0.3, -0.25) is 0 Å². The first-order valence-electron chi connectivity index (χ1n) is 12.9. The fourth-order valence-corrected chi connectivity index (χ4v) is 6.17. The molecule has 0 saturated carbocycles. The van der Waals surface area contributed by atoms with E-state index in [-0.39, 0.29) is 0 Å². The zero-order valence-electron chi connectivity index (χ0n) is 23.2. The van der Waals surface area contributed by atoms with Crippen molar-refractivity contribution in [3.63, 3.8) is 0 Å². The second-order valence-electron chi connectivity index (χ2n) is 11.2. The number of nitrogens with one attached hydrogen (secondary N) is 1. The molecular weight excluding hydrogens is 447 g/mol. The predicted molar refractivity (Wildman–Crippen MR) is 149 cm³/mol. The summed E-state index contributed by atoms with van der Waals surface area (Å²) in [7, 11) is 0. The molecule has 0 aliphatic carbocycles. The SMILES string of the molecule is CCC1(C)c2cc(C)c(-n3nc(C)cc3C)c3c2nc(c2c(C)cc(C)cc23)/C(C)=C(/C)N[C@@]1(C)F. The van der Waals surface area contributed by atoms with Crippen LogP contribution in [0.5, 0.6) is 0 Å². The number of fused-ring (bicyclic) bond motifs is 4. The standard InChI is InChI=1S/C31H37FN4/c1-11-30(9)24-14-18(4)29(36-20(6)15-19(5)35-36)26-23-13-16(2)12-17(3)25(23)27(33-28(24)26)21(7)22(8)34-31(30,10)32/h12-15,34H,11H2,1-10H3/b22-21-/t30?,31-/m1/s1. The van der Waals surface area contributed by atoms with E-state index in [0.29, 0.717) is 6.42 Å². The van der Waals surface area contributed by atoms with Crippen LogP contribution in [0.1, 0.15) is 80.4 Å². The Hall–Kier alpha value is -3.21. The third-order valence-electron chi connectivity index (χ3n) is 8.57. The number of alkyl halides is 1. The highest BCUT2D eigenvalue weighted by atomic mass is 19.1. The average Bonchev–Trinajstić information content (AvgIpc) is 3.13. The number of rotatable bonds is 2. The molecule has 0 amide bonds. The van der Waals surface area contributed by atoms with Crippen molar-refractivity contribution in [2.24, 2.45) is 0 Å². The van der Waals surface area contributed by atoms with Gasteiger partial charge in [0.1, 0.15) is 0 Å². The van der Waals surface area contributed by atoms with Gasteiger partial charge in [0.05, 0.1) is 22.6 Å². The summed E-state index contributed by atoms with van der Waals surface area (Å²) >= 11 is 0. The van der Waals surface area contributed by atoms with Crippen LogP contribution >= 0.6 is 0 Å². The van der Waals surface area contributed by atoms with Gasteiger partial charge in [0.15, 0.2) is 5.79 Å². The fourth-order valence-electron chi connectivity index (χ4n) is 6.17. The zero-order valence-corrected chi connectivity index (χ0v) is 23.2. The Balaban J connectivity index is 2.16. The highest BCUT2D eigenvalue weighted by Crippen LogP contribution is 2.48. The van der Waals surface area contributed by atoms with Crippen molar-refractivity contribution in [1.29, 1.82) is 0 Å². The van der Waals surface area contributed by atoms with Gasteiger partial charge in [0.2, 0.25) is 0 Å². The van der Waals surface area contributed by atoms with E-state index < -0.39 is 11.2 Å². The van der Waals surface area contributed by atoms with Crippen molar-refractivity contribution >= 4 is 27.2 Å². The zero-order chi connectivity index (χ0) is 26.3. The van der Waals surface area contributed by atoms with E-state index >= 15 is 4.39 Å². The molecule has 0 saturated heterocycles. The van der Waals surface area contributed by atoms with Crippen LogP contribution in [0.25, 0.3) is 32.9 Å². The van der Waals surface area contributed by atoms with Crippen LogP contribution in [0.15, 0.2) is 30.0 Å². The van der Waals surface area contributed by atoms with Gasteiger partial charge in [-0.25, -0.2) is 14.1 Å². The molecule has 5 heteroatoms. The van der Waals surface area contributed by atoms with E-state index in [1.54, 1.807) is 6.92 Å². The topological polar surface area (TPSA) is 42.7 Å². The molecule has 2 aromatic carbocycles. The minimum Gasteiger partial charge on any atom is -0.356 e. The smallest absolute Gasteiger partial charge is 0.186 e. The molecule has 0 spiro atoms. The van der Waals surface area contributed by atoms with Gasteiger partial charge in [-0.2, -0.15) is 5.10 Å². The molecule has 2 atom stereocenters. The third-order valence-corrected chi connectivity index (χ3v) is 8.57. The van der Waals surface area contributed by atoms with Crippen molar-refractivity contribution in [1.82, 2.24) is 20.1 Å². The minimum atomic E-state index is -1.68. The Bertz CT molecular complexity index is 1600. The summed E-state index contributed by atoms with van der Waals surface area (Å²) in [4.78, 5) is 5.39. The monoisotopic (exact) mass is 484 g/mol. The molecule has 1 N–H and O–H groups in total. The summed E-state index contributed by atoms with van der Waals surface area (Å²) < 4.78 is 18.8. The van der Waals surface area contributed by atoms with E-state index in [9.17, 15) is 0 Å². The van der Waals surface area contributed by atoms with Crippen LogP contribution in [-0.4, -0.2) is 20.6 Å². The molecular formula is C31H37FN4. The van der Waals surface area contributed by atoms with Gasteiger partial charge in [-0.1, -0.05) is 37.6 Å². The highest BCUT2D eigenvalue weighted by molar-refractivity contribution is 6.15. The summed E-state index contributed by atoms with van der Waals surface area (Å²) in [5.41, 5.74) is 10.2. The number of aryl methyl sites for hydroxylation is 5. The minimum absolute atomic E-state index is 0.620. The molecule has 36 heavy (non-hydrogen) atoms. The first kappa shape index (κ1) is 24.5. The van der Waals surface area contributed by atoms with Crippen LogP contribution in [0.4, 0.5) is 4.39 Å². The van der Waals surface area contributed by atoms with E-state index in [4.69, 9.17) is 10.1 Å². The second kappa shape index (κ2) is 7.89. The Morgan fingerprint density at radius 2 is 1.61 bits per heavy atom. The van der Waals surface area contributed by atoms with Crippen LogP contribution in [-0.2, 0) is 5.41 Å². The van der Waals surface area contributed by atoms with Crippen LogP contribution in [0, 0.1) is 34.6 Å². The van der Waals surface area contributed by atoms with Gasteiger partial charge in [-0.15, -0.1) is 0 Å². The fraction of sp³-hybridized carbons (Fsp3) is 0.419. The number of hydrogen-bond donors (Lipinski definition) is 1. The lowest BCUT2D eigenvalue weighted by Crippen LogP contribution is -2.53. The van der Waals surface area contributed by atoms with Crippen molar-refractivity contribution < 1.29 is 4.39 Å². The maximum Gasteiger partial charge on any atom is 0.186 e.